The molecule has 1 aromatic rings. The zero-order chi connectivity index (χ0) is 15.3. The van der Waals surface area contributed by atoms with Gasteiger partial charge in [-0.15, -0.1) is 0 Å². The molecule has 4 nitrogen and oxygen atoms in total. The van der Waals surface area contributed by atoms with Crippen molar-refractivity contribution in [3.8, 4) is 0 Å². The van der Waals surface area contributed by atoms with Gasteiger partial charge in [0, 0.05) is 13.1 Å². The molecule has 1 heterocycles. The van der Waals surface area contributed by atoms with Crippen molar-refractivity contribution in [2.45, 2.75) is 45.1 Å². The van der Waals surface area contributed by atoms with Crippen LogP contribution in [-0.4, -0.2) is 41.3 Å². The molecule has 2 N–H and O–H groups in total. The van der Waals surface area contributed by atoms with Gasteiger partial charge >= 0.3 is 6.03 Å². The number of amides is 2. The molecule has 1 unspecified atom stereocenters. The Hall–Kier alpha value is -1.55. The van der Waals surface area contributed by atoms with E-state index < -0.39 is 0 Å². The summed E-state index contributed by atoms with van der Waals surface area (Å²) in [6.45, 7) is 5.53. The standard InChI is InChI=1S/C17H26N2O2/c1-3-17(13-20)9-5-11-19(17)16(21)18-10-8-15-7-4-6-14(2)12-15/h4,6-7,12,20H,3,5,8-11,13H2,1-2H3,(H,18,21). The van der Waals surface area contributed by atoms with Crippen LogP contribution in [0.1, 0.15) is 37.3 Å². The van der Waals surface area contributed by atoms with E-state index in [0.717, 1.165) is 32.2 Å². The van der Waals surface area contributed by atoms with Crippen LogP contribution >= 0.6 is 0 Å². The minimum atomic E-state index is -0.354. The molecule has 1 aliphatic rings. The monoisotopic (exact) mass is 290 g/mol. The Balaban J connectivity index is 1.87. The van der Waals surface area contributed by atoms with Crippen LogP contribution in [-0.2, 0) is 6.42 Å². The smallest absolute Gasteiger partial charge is 0.317 e. The summed E-state index contributed by atoms with van der Waals surface area (Å²) in [5, 5.41) is 12.6. The molecule has 0 aromatic heterocycles. The molecule has 1 aromatic carbocycles. The zero-order valence-corrected chi connectivity index (χ0v) is 13.1. The fourth-order valence-corrected chi connectivity index (χ4v) is 3.18. The van der Waals surface area contributed by atoms with Crippen molar-refractivity contribution in [3.05, 3.63) is 35.4 Å². The largest absolute Gasteiger partial charge is 0.394 e. The van der Waals surface area contributed by atoms with Crippen LogP contribution in [0.5, 0.6) is 0 Å². The predicted octanol–water partition coefficient (Wildman–Crippen LogP) is 2.48. The third kappa shape index (κ3) is 3.56. The van der Waals surface area contributed by atoms with Gasteiger partial charge < -0.3 is 15.3 Å². The third-order valence-electron chi connectivity index (χ3n) is 4.57. The Kier molecular flexibility index (Phi) is 5.23. The van der Waals surface area contributed by atoms with Crippen molar-refractivity contribution in [1.82, 2.24) is 10.2 Å². The number of aryl methyl sites for hydroxylation is 1. The van der Waals surface area contributed by atoms with Gasteiger partial charge in [-0.2, -0.15) is 0 Å². The normalized spacial score (nSPS) is 21.6. The van der Waals surface area contributed by atoms with Gasteiger partial charge in [-0.1, -0.05) is 36.8 Å². The van der Waals surface area contributed by atoms with Crippen molar-refractivity contribution < 1.29 is 9.90 Å². The summed E-state index contributed by atoms with van der Waals surface area (Å²) in [5.74, 6) is 0. The highest BCUT2D eigenvalue weighted by molar-refractivity contribution is 5.75. The lowest BCUT2D eigenvalue weighted by Gasteiger charge is -2.36. The molecule has 0 spiro atoms. The van der Waals surface area contributed by atoms with Crippen molar-refractivity contribution in [1.29, 1.82) is 0 Å². The second-order valence-corrected chi connectivity index (χ2v) is 5.96. The Morgan fingerprint density at radius 2 is 2.29 bits per heavy atom. The van der Waals surface area contributed by atoms with Crippen molar-refractivity contribution >= 4 is 6.03 Å². The number of carbonyl (C=O) groups excluding carboxylic acids is 1. The summed E-state index contributed by atoms with van der Waals surface area (Å²) in [6, 6.07) is 8.30. The van der Waals surface area contributed by atoms with Gasteiger partial charge in [-0.25, -0.2) is 4.79 Å². The average Bonchev–Trinajstić information content (AvgIpc) is 2.92. The molecular weight excluding hydrogens is 264 g/mol. The van der Waals surface area contributed by atoms with Crippen molar-refractivity contribution in [2.75, 3.05) is 19.7 Å². The molecule has 116 valence electrons. The van der Waals surface area contributed by atoms with E-state index in [-0.39, 0.29) is 18.2 Å². The number of aliphatic hydroxyl groups is 1. The fourth-order valence-electron chi connectivity index (χ4n) is 3.18. The highest BCUT2D eigenvalue weighted by Gasteiger charge is 2.41. The minimum absolute atomic E-state index is 0.0453. The number of likely N-dealkylation sites (tertiary alicyclic amines) is 1. The lowest BCUT2D eigenvalue weighted by atomic mass is 9.94. The fraction of sp³-hybridized carbons (Fsp3) is 0.588. The quantitative estimate of drug-likeness (QED) is 0.875. The molecule has 2 amide bonds. The van der Waals surface area contributed by atoms with Gasteiger partial charge in [0.15, 0.2) is 0 Å². The van der Waals surface area contributed by atoms with Gasteiger partial charge in [0.25, 0.3) is 0 Å². The van der Waals surface area contributed by atoms with Crippen molar-refractivity contribution in [3.63, 3.8) is 0 Å². The third-order valence-corrected chi connectivity index (χ3v) is 4.57. The number of urea groups is 1. The number of carbonyl (C=O) groups is 1. The van der Waals surface area contributed by atoms with E-state index in [9.17, 15) is 9.90 Å². The van der Waals surface area contributed by atoms with E-state index >= 15 is 0 Å². The SMILES string of the molecule is CCC1(CO)CCCN1C(=O)NCCc1cccc(C)c1. The highest BCUT2D eigenvalue weighted by Crippen LogP contribution is 2.31. The number of hydrogen-bond donors (Lipinski definition) is 2. The molecule has 1 aliphatic heterocycles. The van der Waals surface area contributed by atoms with Gasteiger partial charge in [-0.3, -0.25) is 0 Å². The second kappa shape index (κ2) is 6.94. The lowest BCUT2D eigenvalue weighted by molar-refractivity contribution is 0.0811. The predicted molar refractivity (Wildman–Crippen MR) is 84.3 cm³/mol. The highest BCUT2D eigenvalue weighted by atomic mass is 16.3. The zero-order valence-electron chi connectivity index (χ0n) is 13.1. The molecule has 0 saturated carbocycles. The summed E-state index contributed by atoms with van der Waals surface area (Å²) in [5.41, 5.74) is 2.12. The number of aliphatic hydroxyl groups excluding tert-OH is 1. The Bertz CT molecular complexity index is 483. The topological polar surface area (TPSA) is 52.6 Å². The molecule has 1 fully saturated rings. The maximum absolute atomic E-state index is 12.3. The molecule has 21 heavy (non-hydrogen) atoms. The van der Waals surface area contributed by atoms with Crippen LogP contribution in [0.25, 0.3) is 0 Å². The van der Waals surface area contributed by atoms with Crippen LogP contribution in [0.2, 0.25) is 0 Å². The van der Waals surface area contributed by atoms with E-state index in [0.29, 0.717) is 6.54 Å². The van der Waals surface area contributed by atoms with Gasteiger partial charge in [0.05, 0.1) is 12.1 Å². The first-order valence-electron chi connectivity index (χ1n) is 7.83. The lowest BCUT2D eigenvalue weighted by Crippen LogP contribution is -2.53. The minimum Gasteiger partial charge on any atom is -0.394 e. The molecule has 0 aliphatic carbocycles. The van der Waals surface area contributed by atoms with Crippen LogP contribution in [0.3, 0.4) is 0 Å². The van der Waals surface area contributed by atoms with Crippen LogP contribution in [0.15, 0.2) is 24.3 Å². The summed E-state index contributed by atoms with van der Waals surface area (Å²) >= 11 is 0. The summed E-state index contributed by atoms with van der Waals surface area (Å²) in [6.07, 6.45) is 3.50. The van der Waals surface area contributed by atoms with Crippen molar-refractivity contribution in [2.24, 2.45) is 0 Å². The molecule has 0 bridgehead atoms. The average molecular weight is 290 g/mol. The number of nitrogens with one attached hydrogen (secondary N) is 1. The first-order chi connectivity index (χ1) is 10.1. The molecule has 1 atom stereocenters. The van der Waals surface area contributed by atoms with E-state index in [1.807, 2.05) is 17.9 Å². The summed E-state index contributed by atoms with van der Waals surface area (Å²) < 4.78 is 0. The van der Waals surface area contributed by atoms with E-state index in [2.05, 4.69) is 30.4 Å². The molecule has 4 heteroatoms. The molecule has 2 rings (SSSR count). The summed E-state index contributed by atoms with van der Waals surface area (Å²) in [7, 11) is 0. The Morgan fingerprint density at radius 3 is 2.95 bits per heavy atom. The second-order valence-electron chi connectivity index (χ2n) is 5.96. The maximum atomic E-state index is 12.3. The van der Waals surface area contributed by atoms with Gasteiger partial charge in [0.2, 0.25) is 0 Å². The first-order valence-corrected chi connectivity index (χ1v) is 7.83. The van der Waals surface area contributed by atoms with Gasteiger partial charge in [-0.05, 0) is 38.2 Å². The number of nitrogens with zero attached hydrogens (tertiary/aromatic N) is 1. The van der Waals surface area contributed by atoms with Crippen LogP contribution in [0, 0.1) is 6.92 Å². The van der Waals surface area contributed by atoms with E-state index in [1.165, 1.54) is 11.1 Å². The molecule has 0 radical (unpaired) electrons. The first kappa shape index (κ1) is 15.8. The molecule has 1 saturated heterocycles. The van der Waals surface area contributed by atoms with Crippen LogP contribution in [0.4, 0.5) is 4.79 Å². The van der Waals surface area contributed by atoms with E-state index in [4.69, 9.17) is 0 Å². The maximum Gasteiger partial charge on any atom is 0.317 e. The number of hydrogen-bond acceptors (Lipinski definition) is 2. The Morgan fingerprint density at radius 1 is 1.48 bits per heavy atom. The Labute approximate surface area is 127 Å². The number of benzene rings is 1. The van der Waals surface area contributed by atoms with Gasteiger partial charge in [0.1, 0.15) is 0 Å². The number of rotatable bonds is 5. The molecular formula is C17H26N2O2. The van der Waals surface area contributed by atoms with E-state index in [1.54, 1.807) is 0 Å². The van der Waals surface area contributed by atoms with Crippen LogP contribution < -0.4 is 5.32 Å². The summed E-state index contributed by atoms with van der Waals surface area (Å²) in [4.78, 5) is 14.2.